The summed E-state index contributed by atoms with van der Waals surface area (Å²) in [5, 5.41) is 14.1. The highest BCUT2D eigenvalue weighted by molar-refractivity contribution is 9.10. The molecule has 104 valence electrons. The number of anilines is 1. The van der Waals surface area contributed by atoms with Gasteiger partial charge in [-0.2, -0.15) is 0 Å². The van der Waals surface area contributed by atoms with E-state index < -0.39 is 4.92 Å². The van der Waals surface area contributed by atoms with Crippen LogP contribution in [0.4, 0.5) is 11.4 Å². The van der Waals surface area contributed by atoms with Crippen LogP contribution in [-0.2, 0) is 0 Å². The number of nitrogens with zero attached hydrogens (tertiary/aromatic N) is 2. The largest absolute Gasteiger partial charge is 0.447 e. The monoisotopic (exact) mass is 337 g/mol. The van der Waals surface area contributed by atoms with Crippen LogP contribution in [0.15, 0.2) is 41.1 Å². The van der Waals surface area contributed by atoms with Crippen LogP contribution in [0.5, 0.6) is 11.5 Å². The Bertz CT molecular complexity index is 634. The molecule has 1 heterocycles. The van der Waals surface area contributed by atoms with Crippen molar-refractivity contribution in [3.8, 4) is 11.5 Å². The summed E-state index contributed by atoms with van der Waals surface area (Å²) in [6.45, 7) is 2.71. The molecule has 1 aromatic carbocycles. The van der Waals surface area contributed by atoms with Crippen LogP contribution in [0.25, 0.3) is 0 Å². The minimum Gasteiger partial charge on any atom is -0.447 e. The predicted octanol–water partition coefficient (Wildman–Crippen LogP) is 3.98. The molecule has 20 heavy (non-hydrogen) atoms. The highest BCUT2D eigenvalue weighted by Crippen LogP contribution is 2.38. The van der Waals surface area contributed by atoms with E-state index in [0.29, 0.717) is 10.2 Å². The SMILES string of the molecule is CCNc1cncc(Oc2c(Br)cccc2[N+](=O)[O-])c1. The lowest BCUT2D eigenvalue weighted by atomic mass is 10.3. The first kappa shape index (κ1) is 14.3. The minimum atomic E-state index is -0.484. The van der Waals surface area contributed by atoms with Crippen molar-refractivity contribution in [2.45, 2.75) is 6.92 Å². The van der Waals surface area contributed by atoms with Gasteiger partial charge in [-0.3, -0.25) is 15.1 Å². The Morgan fingerprint density at radius 1 is 1.45 bits per heavy atom. The van der Waals surface area contributed by atoms with Gasteiger partial charge in [-0.1, -0.05) is 6.07 Å². The van der Waals surface area contributed by atoms with Gasteiger partial charge >= 0.3 is 5.69 Å². The molecular weight excluding hydrogens is 326 g/mol. The predicted molar refractivity (Wildman–Crippen MR) is 79.3 cm³/mol. The summed E-state index contributed by atoms with van der Waals surface area (Å²) in [6, 6.07) is 6.40. The van der Waals surface area contributed by atoms with Crippen molar-refractivity contribution < 1.29 is 9.66 Å². The van der Waals surface area contributed by atoms with E-state index >= 15 is 0 Å². The van der Waals surface area contributed by atoms with Gasteiger partial charge in [0.2, 0.25) is 5.75 Å². The van der Waals surface area contributed by atoms with Crippen molar-refractivity contribution in [1.82, 2.24) is 4.98 Å². The first-order valence-electron chi connectivity index (χ1n) is 5.91. The second-order valence-electron chi connectivity index (χ2n) is 3.89. The lowest BCUT2D eigenvalue weighted by Gasteiger charge is -2.09. The molecule has 2 rings (SSSR count). The molecule has 0 saturated carbocycles. The normalized spacial score (nSPS) is 10.1. The van der Waals surface area contributed by atoms with E-state index in [2.05, 4.69) is 26.2 Å². The lowest BCUT2D eigenvalue weighted by molar-refractivity contribution is -0.385. The number of para-hydroxylation sites is 1. The summed E-state index contributed by atoms with van der Waals surface area (Å²) >= 11 is 3.26. The van der Waals surface area contributed by atoms with E-state index in [-0.39, 0.29) is 11.4 Å². The molecule has 0 aliphatic carbocycles. The number of benzene rings is 1. The molecular formula is C13H12BrN3O3. The van der Waals surface area contributed by atoms with Gasteiger partial charge in [-0.25, -0.2) is 0 Å². The van der Waals surface area contributed by atoms with E-state index in [4.69, 9.17) is 4.74 Å². The molecule has 0 atom stereocenters. The van der Waals surface area contributed by atoms with E-state index in [9.17, 15) is 10.1 Å². The van der Waals surface area contributed by atoms with Crippen LogP contribution in [0, 0.1) is 10.1 Å². The van der Waals surface area contributed by atoms with Crippen LogP contribution in [-0.4, -0.2) is 16.5 Å². The Balaban J connectivity index is 2.34. The smallest absolute Gasteiger partial charge is 0.312 e. The number of hydrogen-bond donors (Lipinski definition) is 1. The summed E-state index contributed by atoms with van der Waals surface area (Å²) in [4.78, 5) is 14.6. The molecule has 0 aliphatic rings. The summed E-state index contributed by atoms with van der Waals surface area (Å²) < 4.78 is 6.11. The number of halogens is 1. The standard InChI is InChI=1S/C13H12BrN3O3/c1-2-16-9-6-10(8-15-7-9)20-13-11(14)4-3-5-12(13)17(18)19/h3-8,16H,2H2,1H3. The van der Waals surface area contributed by atoms with Crippen molar-refractivity contribution in [2.75, 3.05) is 11.9 Å². The Morgan fingerprint density at radius 2 is 2.25 bits per heavy atom. The molecule has 0 unspecified atom stereocenters. The number of hydrogen-bond acceptors (Lipinski definition) is 5. The van der Waals surface area contributed by atoms with Gasteiger partial charge in [0.1, 0.15) is 5.75 Å². The quantitative estimate of drug-likeness (QED) is 0.659. The van der Waals surface area contributed by atoms with Crippen molar-refractivity contribution in [3.63, 3.8) is 0 Å². The zero-order valence-electron chi connectivity index (χ0n) is 10.7. The average molecular weight is 338 g/mol. The van der Waals surface area contributed by atoms with Crippen molar-refractivity contribution >= 4 is 27.3 Å². The molecule has 1 aromatic heterocycles. The van der Waals surface area contributed by atoms with E-state index in [0.717, 1.165) is 12.2 Å². The van der Waals surface area contributed by atoms with Crippen LogP contribution >= 0.6 is 15.9 Å². The minimum absolute atomic E-state index is 0.103. The number of aromatic nitrogens is 1. The highest BCUT2D eigenvalue weighted by atomic mass is 79.9. The third-order valence-electron chi connectivity index (χ3n) is 2.46. The Morgan fingerprint density at radius 3 is 2.95 bits per heavy atom. The Kier molecular flexibility index (Phi) is 4.52. The fraction of sp³-hybridized carbons (Fsp3) is 0.154. The molecule has 0 radical (unpaired) electrons. The van der Waals surface area contributed by atoms with Crippen LogP contribution < -0.4 is 10.1 Å². The summed E-state index contributed by atoms with van der Waals surface area (Å²) in [5.41, 5.74) is 0.688. The Labute approximate surface area is 124 Å². The maximum Gasteiger partial charge on any atom is 0.312 e. The molecule has 0 saturated heterocycles. The maximum absolute atomic E-state index is 11.0. The van der Waals surface area contributed by atoms with E-state index in [1.54, 1.807) is 24.4 Å². The van der Waals surface area contributed by atoms with Gasteiger partial charge in [0.25, 0.3) is 0 Å². The van der Waals surface area contributed by atoms with Gasteiger partial charge in [0.15, 0.2) is 0 Å². The molecule has 0 aliphatic heterocycles. The number of rotatable bonds is 5. The fourth-order valence-electron chi connectivity index (χ4n) is 1.64. The van der Waals surface area contributed by atoms with Crippen molar-refractivity contribution in [3.05, 3.63) is 51.2 Å². The number of nitro groups is 1. The first-order chi connectivity index (χ1) is 9.61. The zero-order chi connectivity index (χ0) is 14.5. The summed E-state index contributed by atoms with van der Waals surface area (Å²) in [5.74, 6) is 0.589. The fourth-order valence-corrected chi connectivity index (χ4v) is 2.07. The molecule has 0 fully saturated rings. The molecule has 1 N–H and O–H groups in total. The van der Waals surface area contributed by atoms with Crippen molar-refractivity contribution in [2.24, 2.45) is 0 Å². The molecule has 0 spiro atoms. The van der Waals surface area contributed by atoms with Crippen LogP contribution in [0.1, 0.15) is 6.92 Å². The number of nitro benzene ring substituents is 1. The van der Waals surface area contributed by atoms with Gasteiger partial charge in [-0.15, -0.1) is 0 Å². The summed E-state index contributed by atoms with van der Waals surface area (Å²) in [7, 11) is 0. The van der Waals surface area contributed by atoms with Gasteiger partial charge in [-0.05, 0) is 28.9 Å². The van der Waals surface area contributed by atoms with E-state index in [1.165, 1.54) is 12.3 Å². The average Bonchev–Trinajstić information content (AvgIpc) is 2.41. The molecule has 0 bridgehead atoms. The maximum atomic E-state index is 11.0. The zero-order valence-corrected chi connectivity index (χ0v) is 12.3. The lowest BCUT2D eigenvalue weighted by Crippen LogP contribution is -1.98. The third kappa shape index (κ3) is 3.24. The van der Waals surface area contributed by atoms with Crippen LogP contribution in [0.2, 0.25) is 0 Å². The number of ether oxygens (including phenoxy) is 1. The van der Waals surface area contributed by atoms with Crippen molar-refractivity contribution in [1.29, 1.82) is 0 Å². The van der Waals surface area contributed by atoms with Gasteiger partial charge in [0.05, 0.1) is 27.5 Å². The number of pyridine rings is 1. The molecule has 2 aromatic rings. The van der Waals surface area contributed by atoms with Gasteiger partial charge < -0.3 is 10.1 Å². The number of nitrogens with one attached hydrogen (secondary N) is 1. The van der Waals surface area contributed by atoms with Crippen LogP contribution in [0.3, 0.4) is 0 Å². The molecule has 6 nitrogen and oxygen atoms in total. The second-order valence-corrected chi connectivity index (χ2v) is 4.74. The molecule has 7 heteroatoms. The van der Waals surface area contributed by atoms with Gasteiger partial charge in [0, 0.05) is 18.7 Å². The summed E-state index contributed by atoms with van der Waals surface area (Å²) in [6.07, 6.45) is 3.16. The topological polar surface area (TPSA) is 77.3 Å². The Hall–Kier alpha value is -2.15. The van der Waals surface area contributed by atoms with E-state index in [1.807, 2.05) is 6.92 Å². The third-order valence-corrected chi connectivity index (χ3v) is 3.08. The first-order valence-corrected chi connectivity index (χ1v) is 6.70. The highest BCUT2D eigenvalue weighted by Gasteiger charge is 2.18. The second kappa shape index (κ2) is 6.33. The molecule has 0 amide bonds.